The van der Waals surface area contributed by atoms with Gasteiger partial charge in [0.05, 0.1) is 12.5 Å². The molecule has 2 amide bonds. The predicted octanol–water partition coefficient (Wildman–Crippen LogP) is 3.74. The second-order valence-electron chi connectivity index (χ2n) is 5.71. The zero-order chi connectivity index (χ0) is 17.0. The van der Waals surface area contributed by atoms with E-state index < -0.39 is 0 Å². The molecule has 1 aromatic heterocycles. The van der Waals surface area contributed by atoms with Crippen LogP contribution in [0.1, 0.15) is 40.8 Å². The SMILES string of the molecule is CC(=O)Nc1ccc(CC(=O)NC(C)c2cc(C)sc2C)cc1. The zero-order valence-corrected chi connectivity index (χ0v) is 14.7. The zero-order valence-electron chi connectivity index (χ0n) is 13.9. The van der Waals surface area contributed by atoms with Crippen LogP contribution < -0.4 is 10.6 Å². The summed E-state index contributed by atoms with van der Waals surface area (Å²) in [5.41, 5.74) is 2.84. The molecule has 1 aromatic carbocycles. The van der Waals surface area contributed by atoms with Crippen molar-refractivity contribution in [3.8, 4) is 0 Å². The summed E-state index contributed by atoms with van der Waals surface area (Å²) in [5.74, 6) is -0.112. The molecular formula is C18H22N2O2S. The highest BCUT2D eigenvalue weighted by Gasteiger charge is 2.14. The topological polar surface area (TPSA) is 58.2 Å². The summed E-state index contributed by atoms with van der Waals surface area (Å²) in [4.78, 5) is 25.7. The number of nitrogens with one attached hydrogen (secondary N) is 2. The molecule has 1 heterocycles. The molecule has 0 saturated heterocycles. The lowest BCUT2D eigenvalue weighted by atomic mass is 10.1. The number of carbonyl (C=O) groups is 2. The maximum atomic E-state index is 12.2. The van der Waals surface area contributed by atoms with Crippen LogP contribution in [0.2, 0.25) is 0 Å². The Hall–Kier alpha value is -2.14. The number of thiophene rings is 1. The molecule has 5 heteroatoms. The smallest absolute Gasteiger partial charge is 0.224 e. The minimum Gasteiger partial charge on any atom is -0.349 e. The average molecular weight is 330 g/mol. The molecule has 1 atom stereocenters. The number of anilines is 1. The third-order valence-electron chi connectivity index (χ3n) is 3.56. The second kappa shape index (κ2) is 7.42. The predicted molar refractivity (Wildman–Crippen MR) is 94.8 cm³/mol. The van der Waals surface area contributed by atoms with Crippen LogP contribution in [0, 0.1) is 13.8 Å². The van der Waals surface area contributed by atoms with Crippen molar-refractivity contribution in [1.82, 2.24) is 5.32 Å². The van der Waals surface area contributed by atoms with E-state index in [4.69, 9.17) is 0 Å². The summed E-state index contributed by atoms with van der Waals surface area (Å²) in [6.07, 6.45) is 0.326. The largest absolute Gasteiger partial charge is 0.349 e. The maximum absolute atomic E-state index is 12.2. The minimum absolute atomic E-state index is 0.00565. The van der Waals surface area contributed by atoms with Gasteiger partial charge in [0.1, 0.15) is 0 Å². The minimum atomic E-state index is -0.106. The lowest BCUT2D eigenvalue weighted by molar-refractivity contribution is -0.121. The Morgan fingerprint density at radius 1 is 1.17 bits per heavy atom. The highest BCUT2D eigenvalue weighted by atomic mass is 32.1. The molecular weight excluding hydrogens is 308 g/mol. The Kier molecular flexibility index (Phi) is 5.55. The van der Waals surface area contributed by atoms with Crippen molar-refractivity contribution in [2.24, 2.45) is 0 Å². The Labute approximate surface area is 140 Å². The third kappa shape index (κ3) is 4.93. The first-order valence-corrected chi connectivity index (χ1v) is 8.39. The fraction of sp³-hybridized carbons (Fsp3) is 0.333. The highest BCUT2D eigenvalue weighted by molar-refractivity contribution is 7.12. The standard InChI is InChI=1S/C18H22N2O2S/c1-11-9-17(13(3)23-11)12(2)19-18(22)10-15-5-7-16(8-6-15)20-14(4)21/h5-9,12H,10H2,1-4H3,(H,19,22)(H,20,21). The fourth-order valence-electron chi connectivity index (χ4n) is 2.55. The van der Waals surface area contributed by atoms with Crippen molar-refractivity contribution in [2.75, 3.05) is 5.32 Å². The van der Waals surface area contributed by atoms with Crippen LogP contribution >= 0.6 is 11.3 Å². The van der Waals surface area contributed by atoms with Crippen LogP contribution in [0.15, 0.2) is 30.3 Å². The molecule has 0 aliphatic heterocycles. The maximum Gasteiger partial charge on any atom is 0.224 e. The summed E-state index contributed by atoms with van der Waals surface area (Å²) in [7, 11) is 0. The molecule has 0 saturated carbocycles. The van der Waals surface area contributed by atoms with Gasteiger partial charge in [-0.1, -0.05) is 12.1 Å². The van der Waals surface area contributed by atoms with Crippen LogP contribution in [0.5, 0.6) is 0 Å². The van der Waals surface area contributed by atoms with Crippen LogP contribution in [-0.2, 0) is 16.0 Å². The fourth-order valence-corrected chi connectivity index (χ4v) is 3.57. The number of hydrogen-bond acceptors (Lipinski definition) is 3. The number of carbonyl (C=O) groups excluding carboxylic acids is 2. The summed E-state index contributed by atoms with van der Waals surface area (Å²) in [6, 6.07) is 9.46. The first-order valence-electron chi connectivity index (χ1n) is 7.58. The van der Waals surface area contributed by atoms with Crippen molar-refractivity contribution >= 4 is 28.8 Å². The summed E-state index contributed by atoms with van der Waals surface area (Å²) in [5, 5.41) is 5.75. The Balaban J connectivity index is 1.94. The Morgan fingerprint density at radius 3 is 2.35 bits per heavy atom. The summed E-state index contributed by atoms with van der Waals surface area (Å²) < 4.78 is 0. The molecule has 2 aromatic rings. The summed E-state index contributed by atoms with van der Waals surface area (Å²) >= 11 is 1.75. The lowest BCUT2D eigenvalue weighted by Crippen LogP contribution is -2.28. The van der Waals surface area contributed by atoms with E-state index in [2.05, 4.69) is 30.5 Å². The third-order valence-corrected chi connectivity index (χ3v) is 4.54. The monoisotopic (exact) mass is 330 g/mol. The van der Waals surface area contributed by atoms with Gasteiger partial charge in [-0.2, -0.15) is 0 Å². The Bertz CT molecular complexity index is 704. The second-order valence-corrected chi connectivity index (χ2v) is 7.17. The Morgan fingerprint density at radius 2 is 1.83 bits per heavy atom. The lowest BCUT2D eigenvalue weighted by Gasteiger charge is -2.14. The molecule has 122 valence electrons. The molecule has 0 fully saturated rings. The van der Waals surface area contributed by atoms with Crippen molar-refractivity contribution in [3.05, 3.63) is 51.2 Å². The van der Waals surface area contributed by atoms with Crippen molar-refractivity contribution < 1.29 is 9.59 Å². The molecule has 0 radical (unpaired) electrons. The number of benzene rings is 1. The molecule has 0 spiro atoms. The first-order chi connectivity index (χ1) is 10.8. The van der Waals surface area contributed by atoms with Gasteiger partial charge in [0.2, 0.25) is 11.8 Å². The van der Waals surface area contributed by atoms with E-state index in [9.17, 15) is 9.59 Å². The van der Waals surface area contributed by atoms with Gasteiger partial charge in [0.25, 0.3) is 0 Å². The van der Waals surface area contributed by atoms with Crippen molar-refractivity contribution in [1.29, 1.82) is 0 Å². The van der Waals surface area contributed by atoms with Crippen molar-refractivity contribution in [3.63, 3.8) is 0 Å². The number of hydrogen-bond donors (Lipinski definition) is 2. The first kappa shape index (κ1) is 17.2. The number of amides is 2. The van der Waals surface area contributed by atoms with Crippen LogP contribution in [0.4, 0.5) is 5.69 Å². The van der Waals surface area contributed by atoms with E-state index >= 15 is 0 Å². The van der Waals surface area contributed by atoms with E-state index in [-0.39, 0.29) is 17.9 Å². The van der Waals surface area contributed by atoms with Crippen LogP contribution in [-0.4, -0.2) is 11.8 Å². The normalized spacial score (nSPS) is 11.8. The molecule has 2 rings (SSSR count). The van der Waals surface area contributed by atoms with E-state index in [0.29, 0.717) is 6.42 Å². The van der Waals surface area contributed by atoms with Gasteiger partial charge >= 0.3 is 0 Å². The molecule has 4 nitrogen and oxygen atoms in total. The van der Waals surface area contributed by atoms with Crippen LogP contribution in [0.25, 0.3) is 0 Å². The number of rotatable bonds is 5. The van der Waals surface area contributed by atoms with E-state index in [1.807, 2.05) is 19.1 Å². The van der Waals surface area contributed by atoms with Gasteiger partial charge in [-0.25, -0.2) is 0 Å². The molecule has 23 heavy (non-hydrogen) atoms. The highest BCUT2D eigenvalue weighted by Crippen LogP contribution is 2.26. The van der Waals surface area contributed by atoms with E-state index in [0.717, 1.165) is 11.3 Å². The van der Waals surface area contributed by atoms with E-state index in [1.54, 1.807) is 23.5 Å². The van der Waals surface area contributed by atoms with Gasteiger partial charge in [-0.05, 0) is 50.1 Å². The van der Waals surface area contributed by atoms with Gasteiger partial charge in [-0.15, -0.1) is 11.3 Å². The van der Waals surface area contributed by atoms with Crippen LogP contribution in [0.3, 0.4) is 0 Å². The molecule has 1 unspecified atom stereocenters. The van der Waals surface area contributed by atoms with E-state index in [1.165, 1.54) is 22.2 Å². The molecule has 0 aliphatic rings. The average Bonchev–Trinajstić information content (AvgIpc) is 2.79. The van der Waals surface area contributed by atoms with Gasteiger partial charge < -0.3 is 10.6 Å². The summed E-state index contributed by atoms with van der Waals surface area (Å²) in [6.45, 7) is 7.63. The van der Waals surface area contributed by atoms with Gasteiger partial charge in [0.15, 0.2) is 0 Å². The molecule has 0 bridgehead atoms. The molecule has 2 N–H and O–H groups in total. The number of aryl methyl sites for hydroxylation is 2. The van der Waals surface area contributed by atoms with Gasteiger partial charge in [-0.3, -0.25) is 9.59 Å². The molecule has 0 aliphatic carbocycles. The quantitative estimate of drug-likeness (QED) is 0.877. The van der Waals surface area contributed by atoms with Crippen molar-refractivity contribution in [2.45, 2.75) is 40.2 Å². The van der Waals surface area contributed by atoms with Gasteiger partial charge in [0, 0.05) is 22.4 Å².